The molecule has 1 fully saturated rings. The molecule has 0 bridgehead atoms. The van der Waals surface area contributed by atoms with Gasteiger partial charge in [0.05, 0.1) is 16.0 Å². The molecule has 5 heteroatoms. The molecule has 3 rings (SSSR count). The summed E-state index contributed by atoms with van der Waals surface area (Å²) in [6.07, 6.45) is 1.70. The van der Waals surface area contributed by atoms with Crippen molar-refractivity contribution in [2.24, 2.45) is 0 Å². The topological polar surface area (TPSA) is 55.1 Å². The third kappa shape index (κ3) is 1.58. The number of thiophene rings is 1. The van der Waals surface area contributed by atoms with Crippen molar-refractivity contribution in [1.82, 2.24) is 10.5 Å². The Bertz CT molecular complexity index is 541. The first-order valence-corrected chi connectivity index (χ1v) is 6.37. The molecule has 0 unspecified atom stereocenters. The molecule has 0 atom stereocenters. The summed E-state index contributed by atoms with van der Waals surface area (Å²) in [4.78, 5) is 12.8. The van der Waals surface area contributed by atoms with Gasteiger partial charge in [0.15, 0.2) is 5.76 Å². The number of rotatable bonds is 3. The van der Waals surface area contributed by atoms with Crippen LogP contribution in [0.5, 0.6) is 0 Å². The molecule has 2 aromatic heterocycles. The van der Waals surface area contributed by atoms with Gasteiger partial charge in [-0.25, -0.2) is 0 Å². The summed E-state index contributed by atoms with van der Waals surface area (Å²) in [5.41, 5.74) is 0.313. The average Bonchev–Trinajstić information content (AvgIpc) is 2.84. The maximum atomic E-state index is 11.8. The van der Waals surface area contributed by atoms with Gasteiger partial charge in [-0.05, 0) is 24.3 Å². The van der Waals surface area contributed by atoms with Crippen LogP contribution in [0.15, 0.2) is 28.1 Å². The van der Waals surface area contributed by atoms with Gasteiger partial charge in [-0.2, -0.15) is 0 Å². The first-order valence-electron chi connectivity index (χ1n) is 5.49. The summed E-state index contributed by atoms with van der Waals surface area (Å²) in [5.74, 6) is 0.772. The molecular formula is C12H12N2O2S. The van der Waals surface area contributed by atoms with Gasteiger partial charge in [-0.1, -0.05) is 11.2 Å². The monoisotopic (exact) mass is 248 g/mol. The van der Waals surface area contributed by atoms with Gasteiger partial charge < -0.3 is 9.84 Å². The fourth-order valence-corrected chi connectivity index (χ4v) is 2.67. The van der Waals surface area contributed by atoms with E-state index in [0.717, 1.165) is 29.2 Å². The van der Waals surface area contributed by atoms with Crippen molar-refractivity contribution in [3.05, 3.63) is 29.3 Å². The Labute approximate surface area is 103 Å². The molecular weight excluding hydrogens is 236 g/mol. The third-order valence-corrected chi connectivity index (χ3v) is 4.06. The molecule has 88 valence electrons. The number of carbonyl (C=O) groups excluding carboxylic acids is 1. The minimum atomic E-state index is -0.437. The van der Waals surface area contributed by atoms with Crippen molar-refractivity contribution in [2.75, 3.05) is 7.05 Å². The predicted octanol–water partition coefficient (Wildman–Crippen LogP) is 2.18. The van der Waals surface area contributed by atoms with Crippen LogP contribution in [0.4, 0.5) is 0 Å². The molecule has 1 N–H and O–H groups in total. The van der Waals surface area contributed by atoms with Gasteiger partial charge in [-0.3, -0.25) is 4.79 Å². The summed E-state index contributed by atoms with van der Waals surface area (Å²) < 4.78 is 5.31. The molecule has 2 aromatic rings. The largest absolute Gasteiger partial charge is 0.358 e. The zero-order chi connectivity index (χ0) is 11.9. The highest BCUT2D eigenvalue weighted by molar-refractivity contribution is 7.13. The second-order valence-electron chi connectivity index (χ2n) is 4.21. The van der Waals surface area contributed by atoms with Gasteiger partial charge in [0.25, 0.3) is 0 Å². The second-order valence-corrected chi connectivity index (χ2v) is 5.16. The Morgan fingerprint density at radius 2 is 2.41 bits per heavy atom. The van der Waals surface area contributed by atoms with Crippen molar-refractivity contribution in [2.45, 2.75) is 18.3 Å². The van der Waals surface area contributed by atoms with Crippen molar-refractivity contribution in [3.8, 4) is 10.6 Å². The van der Waals surface area contributed by atoms with Gasteiger partial charge in [0.2, 0.25) is 5.91 Å². The van der Waals surface area contributed by atoms with Crippen LogP contribution in [0.2, 0.25) is 0 Å². The number of aromatic nitrogens is 1. The van der Waals surface area contributed by atoms with Gasteiger partial charge >= 0.3 is 0 Å². The summed E-state index contributed by atoms with van der Waals surface area (Å²) in [6, 6.07) is 5.83. The molecule has 0 saturated heterocycles. The standard InChI is InChI=1S/C12H12N2O2S/c1-13-11(15)12(4-5-12)10-7-8(16-14-10)9-3-2-6-17-9/h2-3,6-7H,4-5H2,1H3,(H,13,15). The normalized spacial score (nSPS) is 16.8. The Hall–Kier alpha value is -1.62. The maximum Gasteiger partial charge on any atom is 0.232 e. The fourth-order valence-electron chi connectivity index (χ4n) is 2.00. The Balaban J connectivity index is 1.94. The highest BCUT2D eigenvalue weighted by Crippen LogP contribution is 2.48. The van der Waals surface area contributed by atoms with E-state index in [9.17, 15) is 4.79 Å². The predicted molar refractivity (Wildman–Crippen MR) is 64.8 cm³/mol. The average molecular weight is 248 g/mol. The maximum absolute atomic E-state index is 11.8. The quantitative estimate of drug-likeness (QED) is 0.905. The molecule has 1 aliphatic carbocycles. The lowest BCUT2D eigenvalue weighted by Gasteiger charge is -2.08. The molecule has 1 amide bonds. The number of carbonyl (C=O) groups is 1. The van der Waals surface area contributed by atoms with Gasteiger partial charge in [0, 0.05) is 13.1 Å². The highest BCUT2D eigenvalue weighted by atomic mass is 32.1. The van der Waals surface area contributed by atoms with Gasteiger partial charge in [-0.15, -0.1) is 11.3 Å². The van der Waals surface area contributed by atoms with Crippen LogP contribution in [0.1, 0.15) is 18.5 Å². The minimum absolute atomic E-state index is 0.0310. The number of nitrogens with zero attached hydrogens (tertiary/aromatic N) is 1. The lowest BCUT2D eigenvalue weighted by atomic mass is 10.0. The highest BCUT2D eigenvalue weighted by Gasteiger charge is 2.53. The Morgan fingerprint density at radius 3 is 3.00 bits per heavy atom. The van der Waals surface area contributed by atoms with E-state index in [2.05, 4.69) is 10.5 Å². The molecule has 17 heavy (non-hydrogen) atoms. The Morgan fingerprint density at radius 1 is 1.59 bits per heavy atom. The van der Waals surface area contributed by atoms with Crippen LogP contribution in [-0.2, 0) is 10.2 Å². The van der Waals surface area contributed by atoms with Crippen LogP contribution in [0.3, 0.4) is 0 Å². The smallest absolute Gasteiger partial charge is 0.232 e. The van der Waals surface area contributed by atoms with Crippen molar-refractivity contribution >= 4 is 17.2 Å². The summed E-state index contributed by atoms with van der Waals surface area (Å²) in [6.45, 7) is 0. The third-order valence-electron chi connectivity index (χ3n) is 3.18. The second kappa shape index (κ2) is 3.70. The lowest BCUT2D eigenvalue weighted by Crippen LogP contribution is -2.32. The van der Waals surface area contributed by atoms with Gasteiger partial charge in [0.1, 0.15) is 0 Å². The first-order chi connectivity index (χ1) is 8.26. The van der Waals surface area contributed by atoms with Crippen molar-refractivity contribution in [3.63, 3.8) is 0 Å². The number of nitrogens with one attached hydrogen (secondary N) is 1. The zero-order valence-corrected chi connectivity index (χ0v) is 10.2. The molecule has 0 aromatic carbocycles. The Kier molecular flexibility index (Phi) is 2.29. The number of hydrogen-bond donors (Lipinski definition) is 1. The molecule has 0 aliphatic heterocycles. The first kappa shape index (κ1) is 10.5. The van der Waals surface area contributed by atoms with E-state index in [-0.39, 0.29) is 5.91 Å². The molecule has 1 aliphatic rings. The van der Waals surface area contributed by atoms with E-state index in [4.69, 9.17) is 4.52 Å². The van der Waals surface area contributed by atoms with E-state index in [0.29, 0.717) is 0 Å². The van der Waals surface area contributed by atoms with Crippen LogP contribution >= 0.6 is 11.3 Å². The van der Waals surface area contributed by atoms with Crippen LogP contribution in [0, 0.1) is 0 Å². The van der Waals surface area contributed by atoms with E-state index in [1.165, 1.54) is 0 Å². The molecule has 0 spiro atoms. The molecule has 4 nitrogen and oxygen atoms in total. The molecule has 0 radical (unpaired) electrons. The van der Waals surface area contributed by atoms with Crippen LogP contribution < -0.4 is 5.32 Å². The molecule has 2 heterocycles. The van der Waals surface area contributed by atoms with E-state index >= 15 is 0 Å². The van der Waals surface area contributed by atoms with Crippen molar-refractivity contribution < 1.29 is 9.32 Å². The minimum Gasteiger partial charge on any atom is -0.358 e. The number of likely N-dealkylation sites (N-methyl/N-ethyl adjacent to an activating group) is 1. The molecule has 1 saturated carbocycles. The summed E-state index contributed by atoms with van der Waals surface area (Å²) >= 11 is 1.60. The van der Waals surface area contributed by atoms with E-state index in [1.54, 1.807) is 18.4 Å². The van der Waals surface area contributed by atoms with Crippen LogP contribution in [0.25, 0.3) is 10.6 Å². The van der Waals surface area contributed by atoms with E-state index < -0.39 is 5.41 Å². The van der Waals surface area contributed by atoms with Crippen LogP contribution in [-0.4, -0.2) is 18.1 Å². The zero-order valence-electron chi connectivity index (χ0n) is 9.40. The number of amides is 1. The lowest BCUT2D eigenvalue weighted by molar-refractivity contribution is -0.123. The SMILES string of the molecule is CNC(=O)C1(c2cc(-c3cccs3)on2)CC1. The fraction of sp³-hybridized carbons (Fsp3) is 0.333. The summed E-state index contributed by atoms with van der Waals surface area (Å²) in [7, 11) is 1.66. The number of hydrogen-bond acceptors (Lipinski definition) is 4. The summed E-state index contributed by atoms with van der Waals surface area (Å²) in [5, 5.41) is 8.73. The van der Waals surface area contributed by atoms with Crippen molar-refractivity contribution in [1.29, 1.82) is 0 Å². The van der Waals surface area contributed by atoms with E-state index in [1.807, 2.05) is 23.6 Å².